The van der Waals surface area contributed by atoms with Crippen molar-refractivity contribution in [3.05, 3.63) is 71.8 Å². The van der Waals surface area contributed by atoms with Crippen LogP contribution in [0.15, 0.2) is 59.9 Å². The number of hydrogen-bond acceptors (Lipinski definition) is 4. The molecule has 0 unspecified atom stereocenters. The van der Waals surface area contributed by atoms with Crippen LogP contribution in [0, 0.1) is 17.1 Å². The second-order valence-electron chi connectivity index (χ2n) is 5.47. The summed E-state index contributed by atoms with van der Waals surface area (Å²) in [6.07, 6.45) is 3.36. The lowest BCUT2D eigenvalue weighted by molar-refractivity contribution is 0.0986. The van der Waals surface area contributed by atoms with Crippen LogP contribution in [0.25, 0.3) is 5.69 Å². The molecule has 0 N–H and O–H groups in total. The fourth-order valence-electron chi connectivity index (χ4n) is 2.54. The maximum atomic E-state index is 13.3. The standard InChI is InChI=1S/C19H15FN4OS/c1-23(16-5-3-4-13(10-16)11-21)18(25)17-12-22-19(26-2)24(17)15-8-6-14(20)7-9-15/h3-10,12H,1-2H3. The Morgan fingerprint density at radius 3 is 2.65 bits per heavy atom. The minimum Gasteiger partial charge on any atom is -0.310 e. The third-order valence-electron chi connectivity index (χ3n) is 3.88. The van der Waals surface area contributed by atoms with Crippen molar-refractivity contribution in [1.82, 2.24) is 9.55 Å². The van der Waals surface area contributed by atoms with Gasteiger partial charge in [-0.3, -0.25) is 9.36 Å². The van der Waals surface area contributed by atoms with Crippen LogP contribution in [0.5, 0.6) is 0 Å². The predicted molar refractivity (Wildman–Crippen MR) is 99.2 cm³/mol. The lowest BCUT2D eigenvalue weighted by Crippen LogP contribution is -2.28. The fraction of sp³-hybridized carbons (Fsp3) is 0.105. The Balaban J connectivity index is 2.03. The molecule has 0 bridgehead atoms. The van der Waals surface area contributed by atoms with Crippen molar-refractivity contribution in [2.75, 3.05) is 18.2 Å². The zero-order valence-corrected chi connectivity index (χ0v) is 15.0. The molecule has 5 nitrogen and oxygen atoms in total. The number of carbonyl (C=O) groups is 1. The highest BCUT2D eigenvalue weighted by atomic mass is 32.2. The highest BCUT2D eigenvalue weighted by molar-refractivity contribution is 7.98. The van der Waals surface area contributed by atoms with Crippen LogP contribution in [0.3, 0.4) is 0 Å². The number of anilines is 1. The molecule has 0 saturated carbocycles. The van der Waals surface area contributed by atoms with Gasteiger partial charge in [0.25, 0.3) is 5.91 Å². The van der Waals surface area contributed by atoms with E-state index < -0.39 is 0 Å². The number of aromatic nitrogens is 2. The molecule has 1 heterocycles. The Hall–Kier alpha value is -3.11. The number of thioether (sulfide) groups is 1. The van der Waals surface area contributed by atoms with Gasteiger partial charge < -0.3 is 4.90 Å². The Bertz CT molecular complexity index is 992. The van der Waals surface area contributed by atoms with Gasteiger partial charge in [-0.25, -0.2) is 9.37 Å². The minimum absolute atomic E-state index is 0.280. The van der Waals surface area contributed by atoms with Crippen molar-refractivity contribution in [3.63, 3.8) is 0 Å². The Morgan fingerprint density at radius 1 is 1.27 bits per heavy atom. The average molecular weight is 366 g/mol. The predicted octanol–water partition coefficient (Wildman–Crippen LogP) is 3.88. The average Bonchev–Trinajstić information content (AvgIpc) is 3.11. The molecule has 0 aliphatic rings. The van der Waals surface area contributed by atoms with Gasteiger partial charge in [0, 0.05) is 18.4 Å². The van der Waals surface area contributed by atoms with E-state index in [1.165, 1.54) is 35.0 Å². The zero-order valence-electron chi connectivity index (χ0n) is 14.2. The first kappa shape index (κ1) is 17.7. The molecular formula is C19H15FN4OS. The van der Waals surface area contributed by atoms with Gasteiger partial charge in [-0.15, -0.1) is 0 Å². The summed E-state index contributed by atoms with van der Waals surface area (Å²) in [5.74, 6) is -0.630. The number of rotatable bonds is 4. The van der Waals surface area contributed by atoms with Crippen molar-refractivity contribution in [2.45, 2.75) is 5.16 Å². The quantitative estimate of drug-likeness (QED) is 0.658. The largest absolute Gasteiger partial charge is 0.310 e. The highest BCUT2D eigenvalue weighted by Crippen LogP contribution is 2.24. The topological polar surface area (TPSA) is 61.9 Å². The number of hydrogen-bond donors (Lipinski definition) is 0. The number of imidazole rings is 1. The summed E-state index contributed by atoms with van der Waals surface area (Å²) >= 11 is 1.39. The fourth-order valence-corrected chi connectivity index (χ4v) is 3.09. The Labute approximate surface area is 154 Å². The molecule has 1 amide bonds. The molecule has 0 spiro atoms. The van der Waals surface area contributed by atoms with Crippen LogP contribution < -0.4 is 4.90 Å². The number of benzene rings is 2. The van der Waals surface area contributed by atoms with Crippen molar-refractivity contribution in [1.29, 1.82) is 5.26 Å². The molecule has 3 rings (SSSR count). The number of halogens is 1. The van der Waals surface area contributed by atoms with Crippen molar-refractivity contribution in [2.24, 2.45) is 0 Å². The number of carbonyl (C=O) groups excluding carboxylic acids is 1. The van der Waals surface area contributed by atoms with E-state index >= 15 is 0 Å². The van der Waals surface area contributed by atoms with Crippen molar-refractivity contribution < 1.29 is 9.18 Å². The van der Waals surface area contributed by atoms with Gasteiger partial charge in [-0.2, -0.15) is 5.26 Å². The van der Waals surface area contributed by atoms with E-state index in [9.17, 15) is 9.18 Å². The van der Waals surface area contributed by atoms with Gasteiger partial charge in [0.1, 0.15) is 11.5 Å². The van der Waals surface area contributed by atoms with Crippen LogP contribution in [0.4, 0.5) is 10.1 Å². The summed E-state index contributed by atoms with van der Waals surface area (Å²) in [6.45, 7) is 0. The molecule has 7 heteroatoms. The molecule has 0 atom stereocenters. The van der Waals surface area contributed by atoms with Crippen LogP contribution in [0.1, 0.15) is 16.1 Å². The lowest BCUT2D eigenvalue weighted by Gasteiger charge is -2.19. The lowest BCUT2D eigenvalue weighted by atomic mass is 10.2. The summed E-state index contributed by atoms with van der Waals surface area (Å²) in [4.78, 5) is 18.8. The second kappa shape index (κ2) is 7.42. The first-order chi connectivity index (χ1) is 12.5. The third-order valence-corrected chi connectivity index (χ3v) is 4.54. The van der Waals surface area contributed by atoms with Gasteiger partial charge in [0.05, 0.1) is 17.8 Å². The van der Waals surface area contributed by atoms with Crippen molar-refractivity contribution in [3.8, 4) is 11.8 Å². The second-order valence-corrected chi connectivity index (χ2v) is 6.24. The molecule has 130 valence electrons. The van der Waals surface area contributed by atoms with Gasteiger partial charge in [0.2, 0.25) is 0 Å². The molecule has 0 aliphatic carbocycles. The minimum atomic E-state index is -0.349. The first-order valence-corrected chi connectivity index (χ1v) is 8.93. The Morgan fingerprint density at radius 2 is 2.00 bits per heavy atom. The van der Waals surface area contributed by atoms with Gasteiger partial charge in [-0.05, 0) is 48.7 Å². The maximum absolute atomic E-state index is 13.3. The summed E-state index contributed by atoms with van der Waals surface area (Å²) in [7, 11) is 1.64. The molecule has 0 aliphatic heterocycles. The van der Waals surface area contributed by atoms with E-state index in [1.807, 2.05) is 6.26 Å². The van der Waals surface area contributed by atoms with E-state index in [0.717, 1.165) is 0 Å². The molecule has 2 aromatic carbocycles. The van der Waals surface area contributed by atoms with Gasteiger partial charge in [0.15, 0.2) is 5.16 Å². The van der Waals surface area contributed by atoms with Crippen LogP contribution in [-0.2, 0) is 0 Å². The normalized spacial score (nSPS) is 10.4. The van der Waals surface area contributed by atoms with E-state index in [-0.39, 0.29) is 11.7 Å². The van der Waals surface area contributed by atoms with E-state index in [4.69, 9.17) is 5.26 Å². The molecule has 0 saturated heterocycles. The third kappa shape index (κ3) is 3.32. The Kier molecular flexibility index (Phi) is 5.05. The zero-order chi connectivity index (χ0) is 18.7. The number of nitrogens with zero attached hydrogens (tertiary/aromatic N) is 4. The van der Waals surface area contributed by atoms with Crippen LogP contribution in [-0.4, -0.2) is 28.8 Å². The summed E-state index contributed by atoms with van der Waals surface area (Å²) < 4.78 is 15.0. The van der Waals surface area contributed by atoms with E-state index in [1.54, 1.807) is 48.0 Å². The smallest absolute Gasteiger partial charge is 0.276 e. The summed E-state index contributed by atoms with van der Waals surface area (Å²) in [5.41, 5.74) is 2.08. The van der Waals surface area contributed by atoms with Gasteiger partial charge in [-0.1, -0.05) is 17.8 Å². The number of nitriles is 1. The highest BCUT2D eigenvalue weighted by Gasteiger charge is 2.22. The molecular weight excluding hydrogens is 351 g/mol. The molecule has 0 fully saturated rings. The summed E-state index contributed by atoms with van der Waals surface area (Å²) in [6, 6.07) is 14.7. The molecule has 0 radical (unpaired) electrons. The summed E-state index contributed by atoms with van der Waals surface area (Å²) in [5, 5.41) is 9.67. The monoisotopic (exact) mass is 366 g/mol. The van der Waals surface area contributed by atoms with E-state index in [0.29, 0.717) is 27.8 Å². The maximum Gasteiger partial charge on any atom is 0.276 e. The number of amides is 1. The molecule has 1 aromatic heterocycles. The molecule has 3 aromatic rings. The SMILES string of the molecule is CSc1ncc(C(=O)N(C)c2cccc(C#N)c2)n1-c1ccc(F)cc1. The van der Waals surface area contributed by atoms with E-state index in [2.05, 4.69) is 11.1 Å². The van der Waals surface area contributed by atoms with Crippen molar-refractivity contribution >= 4 is 23.4 Å². The molecule has 26 heavy (non-hydrogen) atoms. The van der Waals surface area contributed by atoms with Crippen LogP contribution >= 0.6 is 11.8 Å². The van der Waals surface area contributed by atoms with Gasteiger partial charge >= 0.3 is 0 Å². The van der Waals surface area contributed by atoms with Crippen LogP contribution in [0.2, 0.25) is 0 Å². The first-order valence-electron chi connectivity index (χ1n) is 7.71.